The van der Waals surface area contributed by atoms with Crippen LogP contribution in [0.25, 0.3) is 0 Å². The van der Waals surface area contributed by atoms with Gasteiger partial charge in [0.2, 0.25) is 0 Å². The predicted molar refractivity (Wildman–Crippen MR) is 62.7 cm³/mol. The van der Waals surface area contributed by atoms with E-state index in [9.17, 15) is 0 Å². The van der Waals surface area contributed by atoms with Gasteiger partial charge in [-0.3, -0.25) is 0 Å². The quantitative estimate of drug-likeness (QED) is 0.913. The van der Waals surface area contributed by atoms with Crippen LogP contribution in [0.3, 0.4) is 0 Å². The molecule has 1 aliphatic rings. The summed E-state index contributed by atoms with van der Waals surface area (Å²) in [6.07, 6.45) is 2.80. The molecule has 1 aromatic heterocycles. The third-order valence-corrected chi connectivity index (χ3v) is 4.20. The number of hydrogen-bond acceptors (Lipinski definition) is 3. The summed E-state index contributed by atoms with van der Waals surface area (Å²) in [4.78, 5) is 0. The van der Waals surface area contributed by atoms with Crippen molar-refractivity contribution in [2.24, 2.45) is 0 Å². The van der Waals surface area contributed by atoms with Gasteiger partial charge in [-0.15, -0.1) is 11.3 Å². The van der Waals surface area contributed by atoms with E-state index in [-0.39, 0.29) is 0 Å². The number of nitrogens with one attached hydrogen (secondary N) is 1. The molecular weight excluding hydrogens is 262 g/mol. The summed E-state index contributed by atoms with van der Waals surface area (Å²) < 4.78 is 6.43. The van der Waals surface area contributed by atoms with E-state index in [2.05, 4.69) is 32.7 Å². The lowest BCUT2D eigenvalue weighted by Gasteiger charge is -2.34. The van der Waals surface area contributed by atoms with Crippen LogP contribution in [0, 0.1) is 0 Å². The minimum absolute atomic E-state index is 0.488. The maximum absolute atomic E-state index is 5.23. The Hall–Kier alpha value is 0.100. The minimum atomic E-state index is 0.488. The molecular formula is C10H14BrNOS. The van der Waals surface area contributed by atoms with Crippen LogP contribution in [0.15, 0.2) is 15.2 Å². The molecule has 1 saturated carbocycles. The highest BCUT2D eigenvalue weighted by Gasteiger charge is 2.28. The van der Waals surface area contributed by atoms with Gasteiger partial charge in [-0.2, -0.15) is 0 Å². The molecule has 0 aromatic carbocycles. The molecule has 1 fully saturated rings. The molecule has 1 heterocycles. The fourth-order valence-corrected chi connectivity index (χ4v) is 2.83. The summed E-state index contributed by atoms with van der Waals surface area (Å²) in [5, 5.41) is 5.70. The monoisotopic (exact) mass is 275 g/mol. The number of halogens is 1. The zero-order valence-electron chi connectivity index (χ0n) is 8.13. The van der Waals surface area contributed by atoms with Crippen LogP contribution in [0.2, 0.25) is 0 Å². The smallest absolute Gasteiger partial charge is 0.0701 e. The number of thiophene rings is 1. The summed E-state index contributed by atoms with van der Waals surface area (Å²) in [5.74, 6) is 0. The molecule has 1 aliphatic carbocycles. The summed E-state index contributed by atoms with van der Waals surface area (Å²) in [6, 6.07) is 2.82. The van der Waals surface area contributed by atoms with Gasteiger partial charge in [0, 0.05) is 19.7 Å². The summed E-state index contributed by atoms with van der Waals surface area (Å²) in [5.41, 5.74) is 1.36. The second kappa shape index (κ2) is 4.75. The van der Waals surface area contributed by atoms with Crippen molar-refractivity contribution in [3.63, 3.8) is 0 Å². The van der Waals surface area contributed by atoms with Crippen LogP contribution in [0.5, 0.6) is 0 Å². The summed E-state index contributed by atoms with van der Waals surface area (Å²) in [6.45, 7) is 0.975. The molecule has 1 N–H and O–H groups in total. The van der Waals surface area contributed by atoms with Crippen molar-refractivity contribution in [3.8, 4) is 0 Å². The highest BCUT2D eigenvalue weighted by atomic mass is 79.9. The van der Waals surface area contributed by atoms with E-state index in [1.54, 1.807) is 18.4 Å². The van der Waals surface area contributed by atoms with Crippen molar-refractivity contribution in [1.82, 2.24) is 5.32 Å². The largest absolute Gasteiger partial charge is 0.381 e. The standard InChI is InChI=1S/C10H14BrNOS/c1-13-9-3-8(4-9)12-5-7-2-10(11)14-6-7/h2,6,8-9,12H,3-5H2,1H3. The molecule has 0 amide bonds. The predicted octanol–water partition coefficient (Wildman–Crippen LogP) is 2.78. The summed E-state index contributed by atoms with van der Waals surface area (Å²) >= 11 is 5.20. The van der Waals surface area contributed by atoms with Crippen molar-refractivity contribution >= 4 is 27.3 Å². The van der Waals surface area contributed by atoms with Crippen LogP contribution >= 0.6 is 27.3 Å². The van der Waals surface area contributed by atoms with Gasteiger partial charge in [0.15, 0.2) is 0 Å². The molecule has 1 aromatic rings. The lowest BCUT2D eigenvalue weighted by molar-refractivity contribution is 0.0170. The minimum Gasteiger partial charge on any atom is -0.381 e. The second-order valence-electron chi connectivity index (χ2n) is 3.67. The van der Waals surface area contributed by atoms with Crippen molar-refractivity contribution in [3.05, 3.63) is 20.8 Å². The third-order valence-electron chi connectivity index (χ3n) is 2.64. The maximum atomic E-state index is 5.23. The van der Waals surface area contributed by atoms with E-state index in [1.807, 2.05) is 0 Å². The molecule has 2 rings (SSSR count). The van der Waals surface area contributed by atoms with Gasteiger partial charge in [-0.1, -0.05) is 0 Å². The van der Waals surface area contributed by atoms with Crippen molar-refractivity contribution in [2.45, 2.75) is 31.5 Å². The zero-order valence-corrected chi connectivity index (χ0v) is 10.5. The van der Waals surface area contributed by atoms with Crippen LogP contribution in [0.1, 0.15) is 18.4 Å². The van der Waals surface area contributed by atoms with E-state index >= 15 is 0 Å². The Morgan fingerprint density at radius 3 is 3.00 bits per heavy atom. The Balaban J connectivity index is 1.69. The second-order valence-corrected chi connectivity index (χ2v) is 5.96. The molecule has 0 spiro atoms. The Bertz CT molecular complexity index is 296. The van der Waals surface area contributed by atoms with Gasteiger partial charge in [-0.05, 0) is 45.8 Å². The SMILES string of the molecule is COC1CC(NCc2csc(Br)c2)C1. The Labute approximate surface area is 96.8 Å². The highest BCUT2D eigenvalue weighted by molar-refractivity contribution is 9.11. The van der Waals surface area contributed by atoms with E-state index in [0.717, 1.165) is 19.4 Å². The average molecular weight is 276 g/mol. The number of ether oxygens (including phenoxy) is 1. The van der Waals surface area contributed by atoms with Gasteiger partial charge in [-0.25, -0.2) is 0 Å². The topological polar surface area (TPSA) is 21.3 Å². The van der Waals surface area contributed by atoms with Crippen molar-refractivity contribution in [1.29, 1.82) is 0 Å². The van der Waals surface area contributed by atoms with Gasteiger partial charge in [0.1, 0.15) is 0 Å². The van der Waals surface area contributed by atoms with E-state index < -0.39 is 0 Å². The molecule has 14 heavy (non-hydrogen) atoms. The molecule has 0 unspecified atom stereocenters. The lowest BCUT2D eigenvalue weighted by Crippen LogP contribution is -2.44. The zero-order chi connectivity index (χ0) is 9.97. The van der Waals surface area contributed by atoms with E-state index in [1.165, 1.54) is 9.35 Å². The lowest BCUT2D eigenvalue weighted by atomic mass is 9.89. The van der Waals surface area contributed by atoms with Gasteiger partial charge >= 0.3 is 0 Å². The first kappa shape index (κ1) is 10.6. The molecule has 0 radical (unpaired) electrons. The molecule has 78 valence electrons. The first-order valence-corrected chi connectivity index (χ1v) is 6.44. The highest BCUT2D eigenvalue weighted by Crippen LogP contribution is 2.24. The number of hydrogen-bond donors (Lipinski definition) is 1. The first-order chi connectivity index (χ1) is 6.78. The number of methoxy groups -OCH3 is 1. The fourth-order valence-electron chi connectivity index (χ4n) is 1.63. The molecule has 4 heteroatoms. The van der Waals surface area contributed by atoms with E-state index in [0.29, 0.717) is 12.1 Å². The van der Waals surface area contributed by atoms with Crippen LogP contribution < -0.4 is 5.32 Å². The van der Waals surface area contributed by atoms with Crippen molar-refractivity contribution < 1.29 is 4.74 Å². The van der Waals surface area contributed by atoms with Gasteiger partial charge in [0.05, 0.1) is 9.89 Å². The number of rotatable bonds is 4. The fraction of sp³-hybridized carbons (Fsp3) is 0.600. The van der Waals surface area contributed by atoms with Gasteiger partial charge in [0.25, 0.3) is 0 Å². The Morgan fingerprint density at radius 1 is 1.64 bits per heavy atom. The van der Waals surface area contributed by atoms with Crippen LogP contribution in [0.4, 0.5) is 0 Å². The molecule has 0 bridgehead atoms. The molecule has 0 atom stereocenters. The van der Waals surface area contributed by atoms with Crippen LogP contribution in [-0.4, -0.2) is 19.3 Å². The average Bonchev–Trinajstić information content (AvgIpc) is 2.49. The Morgan fingerprint density at radius 2 is 2.43 bits per heavy atom. The maximum Gasteiger partial charge on any atom is 0.0701 e. The van der Waals surface area contributed by atoms with Crippen LogP contribution in [-0.2, 0) is 11.3 Å². The molecule has 0 aliphatic heterocycles. The molecule has 2 nitrogen and oxygen atoms in total. The third kappa shape index (κ3) is 2.57. The summed E-state index contributed by atoms with van der Waals surface area (Å²) in [7, 11) is 1.79. The van der Waals surface area contributed by atoms with E-state index in [4.69, 9.17) is 4.74 Å². The normalized spacial score (nSPS) is 26.1. The Kier molecular flexibility index (Phi) is 3.60. The van der Waals surface area contributed by atoms with Gasteiger partial charge < -0.3 is 10.1 Å². The van der Waals surface area contributed by atoms with Crippen molar-refractivity contribution in [2.75, 3.05) is 7.11 Å². The first-order valence-electron chi connectivity index (χ1n) is 4.77. The molecule has 0 saturated heterocycles.